The van der Waals surface area contributed by atoms with Crippen LogP contribution in [0.15, 0.2) is 23.7 Å². The number of thiazole rings is 1. The first-order chi connectivity index (χ1) is 7.75. The van der Waals surface area contributed by atoms with Crippen LogP contribution in [0.3, 0.4) is 0 Å². The minimum Gasteiger partial charge on any atom is -0.481 e. The number of aryl methyl sites for hydroxylation is 1. The zero-order valence-electron chi connectivity index (χ0n) is 8.64. The van der Waals surface area contributed by atoms with Gasteiger partial charge in [-0.25, -0.2) is 4.98 Å². The second kappa shape index (κ2) is 4.94. The van der Waals surface area contributed by atoms with Crippen molar-refractivity contribution in [2.75, 3.05) is 0 Å². The van der Waals surface area contributed by atoms with Gasteiger partial charge in [0.2, 0.25) is 0 Å². The Kier molecular flexibility index (Phi) is 3.36. The number of hydrogen-bond acceptors (Lipinski definition) is 3. The third kappa shape index (κ3) is 2.70. The molecule has 0 aliphatic rings. The van der Waals surface area contributed by atoms with Crippen molar-refractivity contribution in [3.05, 3.63) is 29.4 Å². The molecule has 0 aromatic carbocycles. The quantitative estimate of drug-likeness (QED) is 0.838. The van der Waals surface area contributed by atoms with Crippen molar-refractivity contribution in [1.82, 2.24) is 9.97 Å². The van der Waals surface area contributed by atoms with Crippen molar-refractivity contribution in [1.29, 1.82) is 0 Å². The molecule has 0 spiro atoms. The largest absolute Gasteiger partial charge is 0.481 e. The average Bonchev–Trinajstić information content (AvgIpc) is 2.85. The highest BCUT2D eigenvalue weighted by Gasteiger charge is 2.05. The van der Waals surface area contributed by atoms with Gasteiger partial charge in [-0.2, -0.15) is 0 Å². The second-order valence-electron chi connectivity index (χ2n) is 3.48. The van der Waals surface area contributed by atoms with E-state index in [9.17, 15) is 4.79 Å². The van der Waals surface area contributed by atoms with Crippen LogP contribution in [-0.2, 0) is 11.2 Å². The van der Waals surface area contributed by atoms with Gasteiger partial charge in [-0.1, -0.05) is 0 Å². The lowest BCUT2D eigenvalue weighted by molar-refractivity contribution is -0.137. The van der Waals surface area contributed by atoms with Crippen LogP contribution in [0, 0.1) is 0 Å². The van der Waals surface area contributed by atoms with E-state index >= 15 is 0 Å². The number of carboxylic acids is 1. The number of carboxylic acid groups (broad SMARTS) is 1. The fourth-order valence-corrected chi connectivity index (χ4v) is 2.27. The number of aromatic amines is 1. The van der Waals surface area contributed by atoms with Crippen molar-refractivity contribution in [3.8, 4) is 10.7 Å². The smallest absolute Gasteiger partial charge is 0.303 e. The van der Waals surface area contributed by atoms with Gasteiger partial charge >= 0.3 is 5.97 Å². The SMILES string of the molecule is O=C(O)CCCc1csc(-c2ccc[nH]2)n1. The van der Waals surface area contributed by atoms with Gasteiger partial charge in [0.05, 0.1) is 11.4 Å². The minimum atomic E-state index is -0.750. The lowest BCUT2D eigenvalue weighted by Crippen LogP contribution is -1.95. The summed E-state index contributed by atoms with van der Waals surface area (Å²) in [5, 5.41) is 11.5. The summed E-state index contributed by atoms with van der Waals surface area (Å²) in [6.07, 6.45) is 3.43. The number of aromatic nitrogens is 2. The number of rotatable bonds is 5. The molecule has 0 saturated heterocycles. The Morgan fingerprint density at radius 1 is 1.56 bits per heavy atom. The van der Waals surface area contributed by atoms with E-state index in [1.54, 1.807) is 11.3 Å². The third-order valence-electron chi connectivity index (χ3n) is 2.20. The number of carbonyl (C=O) groups is 1. The zero-order valence-corrected chi connectivity index (χ0v) is 9.46. The summed E-state index contributed by atoms with van der Waals surface area (Å²) in [4.78, 5) is 17.9. The summed E-state index contributed by atoms with van der Waals surface area (Å²) in [6, 6.07) is 3.90. The van der Waals surface area contributed by atoms with Crippen LogP contribution >= 0.6 is 11.3 Å². The maximum atomic E-state index is 10.4. The molecule has 0 atom stereocenters. The van der Waals surface area contributed by atoms with Gasteiger partial charge in [-0.05, 0) is 25.0 Å². The summed E-state index contributed by atoms with van der Waals surface area (Å²) in [5.41, 5.74) is 1.98. The summed E-state index contributed by atoms with van der Waals surface area (Å²) in [5.74, 6) is -0.750. The normalized spacial score (nSPS) is 10.5. The Bertz CT molecular complexity index is 462. The maximum absolute atomic E-state index is 10.4. The topological polar surface area (TPSA) is 66.0 Å². The molecule has 2 aromatic rings. The molecule has 16 heavy (non-hydrogen) atoms. The Hall–Kier alpha value is -1.62. The molecule has 2 aromatic heterocycles. The van der Waals surface area contributed by atoms with Crippen molar-refractivity contribution in [3.63, 3.8) is 0 Å². The van der Waals surface area contributed by atoms with Crippen LogP contribution < -0.4 is 0 Å². The van der Waals surface area contributed by atoms with Crippen molar-refractivity contribution >= 4 is 17.3 Å². The predicted octanol–water partition coefficient (Wildman–Crippen LogP) is 2.55. The molecule has 0 saturated carbocycles. The van der Waals surface area contributed by atoms with Gasteiger partial charge < -0.3 is 10.1 Å². The van der Waals surface area contributed by atoms with Crippen LogP contribution in [0.5, 0.6) is 0 Å². The van der Waals surface area contributed by atoms with Crippen LogP contribution in [0.4, 0.5) is 0 Å². The fourth-order valence-electron chi connectivity index (χ4n) is 1.43. The van der Waals surface area contributed by atoms with Crippen molar-refractivity contribution in [2.45, 2.75) is 19.3 Å². The molecule has 2 rings (SSSR count). The van der Waals surface area contributed by atoms with Gasteiger partial charge in [-0.15, -0.1) is 11.3 Å². The van der Waals surface area contributed by atoms with E-state index in [4.69, 9.17) is 5.11 Å². The number of hydrogen-bond donors (Lipinski definition) is 2. The van der Waals surface area contributed by atoms with Gasteiger partial charge in [0, 0.05) is 18.0 Å². The van der Waals surface area contributed by atoms with Gasteiger partial charge in [0.1, 0.15) is 5.01 Å². The summed E-state index contributed by atoms with van der Waals surface area (Å²) < 4.78 is 0. The van der Waals surface area contributed by atoms with E-state index < -0.39 is 5.97 Å². The highest BCUT2D eigenvalue weighted by atomic mass is 32.1. The second-order valence-corrected chi connectivity index (χ2v) is 4.33. The van der Waals surface area contributed by atoms with E-state index in [1.807, 2.05) is 23.7 Å². The fraction of sp³-hybridized carbons (Fsp3) is 0.273. The third-order valence-corrected chi connectivity index (χ3v) is 3.13. The molecule has 4 nitrogen and oxygen atoms in total. The molecule has 5 heteroatoms. The Morgan fingerprint density at radius 3 is 3.12 bits per heavy atom. The van der Waals surface area contributed by atoms with E-state index in [2.05, 4.69) is 9.97 Å². The highest BCUT2D eigenvalue weighted by Crippen LogP contribution is 2.22. The predicted molar refractivity (Wildman–Crippen MR) is 62.5 cm³/mol. The molecule has 0 amide bonds. The van der Waals surface area contributed by atoms with Crippen LogP contribution in [0.2, 0.25) is 0 Å². The van der Waals surface area contributed by atoms with Crippen LogP contribution in [-0.4, -0.2) is 21.0 Å². The Morgan fingerprint density at radius 2 is 2.44 bits per heavy atom. The molecule has 0 bridgehead atoms. The van der Waals surface area contributed by atoms with Gasteiger partial charge in [0.25, 0.3) is 0 Å². The van der Waals surface area contributed by atoms with E-state index in [1.165, 1.54) is 0 Å². The van der Waals surface area contributed by atoms with Crippen LogP contribution in [0.1, 0.15) is 18.5 Å². The molecule has 0 unspecified atom stereocenters. The van der Waals surface area contributed by atoms with Crippen LogP contribution in [0.25, 0.3) is 10.7 Å². The minimum absolute atomic E-state index is 0.204. The van der Waals surface area contributed by atoms with Crippen molar-refractivity contribution in [2.24, 2.45) is 0 Å². The molecule has 2 heterocycles. The monoisotopic (exact) mass is 236 g/mol. The molecular formula is C11H12N2O2S. The van der Waals surface area contributed by atoms with Gasteiger partial charge in [0.15, 0.2) is 0 Å². The zero-order chi connectivity index (χ0) is 11.4. The van der Waals surface area contributed by atoms with E-state index in [0.29, 0.717) is 6.42 Å². The lowest BCUT2D eigenvalue weighted by Gasteiger charge is -1.93. The van der Waals surface area contributed by atoms with Crippen molar-refractivity contribution < 1.29 is 9.90 Å². The van der Waals surface area contributed by atoms with E-state index in [0.717, 1.165) is 22.8 Å². The first-order valence-corrected chi connectivity index (χ1v) is 5.93. The molecule has 0 radical (unpaired) electrons. The number of nitrogens with zero attached hydrogens (tertiary/aromatic N) is 1. The molecule has 2 N–H and O–H groups in total. The molecule has 0 fully saturated rings. The van der Waals surface area contributed by atoms with E-state index in [-0.39, 0.29) is 6.42 Å². The lowest BCUT2D eigenvalue weighted by atomic mass is 10.2. The average molecular weight is 236 g/mol. The summed E-state index contributed by atoms with van der Waals surface area (Å²) in [7, 11) is 0. The summed E-state index contributed by atoms with van der Waals surface area (Å²) >= 11 is 1.58. The molecular weight excluding hydrogens is 224 g/mol. The first kappa shape index (κ1) is 10.9. The molecule has 0 aliphatic carbocycles. The maximum Gasteiger partial charge on any atom is 0.303 e. The molecule has 0 aliphatic heterocycles. The summed E-state index contributed by atoms with van der Waals surface area (Å²) in [6.45, 7) is 0. The van der Waals surface area contributed by atoms with Gasteiger partial charge in [-0.3, -0.25) is 4.79 Å². The standard InChI is InChI=1S/C11H12N2O2S/c14-10(15)5-1-3-8-7-16-11(13-8)9-4-2-6-12-9/h2,4,6-7,12H,1,3,5H2,(H,14,15). The first-order valence-electron chi connectivity index (χ1n) is 5.05. The number of H-pyrrole nitrogens is 1. The Balaban J connectivity index is 1.95. The number of nitrogens with one attached hydrogen (secondary N) is 1. The Labute approximate surface area is 97.0 Å². The molecule has 84 valence electrons. The number of aliphatic carboxylic acids is 1. The highest BCUT2D eigenvalue weighted by molar-refractivity contribution is 7.13.